The van der Waals surface area contributed by atoms with E-state index >= 15 is 0 Å². The Labute approximate surface area is 267 Å². The number of ether oxygens (including phenoxy) is 3. The third-order valence-electron chi connectivity index (χ3n) is 9.72. The molecule has 5 aliphatic rings. The van der Waals surface area contributed by atoms with Gasteiger partial charge in [0, 0.05) is 38.3 Å². The molecule has 0 bridgehead atoms. The van der Waals surface area contributed by atoms with E-state index in [-0.39, 0.29) is 31.4 Å². The summed E-state index contributed by atoms with van der Waals surface area (Å²) < 4.78 is 16.8. The molecule has 13 heteroatoms. The maximum Gasteiger partial charge on any atom is 0.410 e. The molecule has 1 aromatic rings. The molecule has 4 aliphatic heterocycles. The fraction of sp³-hybridized carbons (Fsp3) is 0.606. The van der Waals surface area contributed by atoms with Crippen molar-refractivity contribution < 1.29 is 43.3 Å². The second-order valence-corrected chi connectivity index (χ2v) is 12.9. The number of rotatable bonds is 4. The zero-order valence-corrected chi connectivity index (χ0v) is 25.9. The lowest BCUT2D eigenvalue weighted by molar-refractivity contribution is -0.145. The number of allylic oxidation sites excluding steroid dienone is 1. The average Bonchev–Trinajstić information content (AvgIpc) is 3.34. The van der Waals surface area contributed by atoms with Crippen LogP contribution in [0.4, 0.5) is 9.59 Å². The van der Waals surface area contributed by atoms with Gasteiger partial charge in [-0.1, -0.05) is 49.3 Å². The van der Waals surface area contributed by atoms with Crippen LogP contribution in [0.3, 0.4) is 0 Å². The molecule has 3 N–H and O–H groups in total. The van der Waals surface area contributed by atoms with Crippen molar-refractivity contribution >= 4 is 30.0 Å². The van der Waals surface area contributed by atoms with Gasteiger partial charge in [0.25, 0.3) is 0 Å². The van der Waals surface area contributed by atoms with E-state index < -0.39 is 53.7 Å². The predicted octanol–water partition coefficient (Wildman–Crippen LogP) is 2.86. The van der Waals surface area contributed by atoms with Gasteiger partial charge in [-0.3, -0.25) is 14.5 Å². The highest BCUT2D eigenvalue weighted by Crippen LogP contribution is 2.45. The summed E-state index contributed by atoms with van der Waals surface area (Å²) in [5.41, 5.74) is 0.604. The topological polar surface area (TPSA) is 164 Å². The molecule has 4 heterocycles. The number of hydrogen-bond acceptors (Lipinski definition) is 8. The summed E-state index contributed by atoms with van der Waals surface area (Å²) >= 11 is 0. The van der Waals surface area contributed by atoms with E-state index in [1.54, 1.807) is 4.90 Å². The van der Waals surface area contributed by atoms with Crippen LogP contribution in [-0.4, -0.2) is 94.5 Å². The number of amides is 4. The van der Waals surface area contributed by atoms with Crippen molar-refractivity contribution in [3.05, 3.63) is 47.5 Å². The second kappa shape index (κ2) is 13.7. The summed E-state index contributed by atoms with van der Waals surface area (Å²) in [5, 5.41) is 15.5. The Balaban J connectivity index is 1.20. The number of fused-ring (bicyclic) bond motifs is 3. The van der Waals surface area contributed by atoms with Crippen LogP contribution in [0.15, 0.2) is 36.4 Å². The van der Waals surface area contributed by atoms with E-state index in [1.807, 2.05) is 36.4 Å². The Morgan fingerprint density at radius 1 is 0.978 bits per heavy atom. The Hall–Kier alpha value is -4.13. The van der Waals surface area contributed by atoms with Crippen molar-refractivity contribution in [2.24, 2.45) is 5.92 Å². The van der Waals surface area contributed by atoms with Crippen LogP contribution in [0.1, 0.15) is 68.9 Å². The molecular weight excluding hydrogens is 596 g/mol. The minimum Gasteiger partial charge on any atom is -0.479 e. The van der Waals surface area contributed by atoms with Crippen LogP contribution in [-0.2, 0) is 41.7 Å². The largest absolute Gasteiger partial charge is 0.479 e. The summed E-state index contributed by atoms with van der Waals surface area (Å²) in [5.74, 6) is -2.62. The smallest absolute Gasteiger partial charge is 0.410 e. The van der Waals surface area contributed by atoms with Gasteiger partial charge in [-0.15, -0.1) is 0 Å². The van der Waals surface area contributed by atoms with E-state index in [2.05, 4.69) is 10.6 Å². The summed E-state index contributed by atoms with van der Waals surface area (Å²) in [6, 6.07) is 5.66. The van der Waals surface area contributed by atoms with Crippen molar-refractivity contribution in [3.63, 3.8) is 0 Å². The van der Waals surface area contributed by atoms with Gasteiger partial charge in [0.15, 0.2) is 0 Å². The van der Waals surface area contributed by atoms with Crippen LogP contribution in [0.2, 0.25) is 0 Å². The number of nitrogens with zero attached hydrogens (tertiary/aromatic N) is 2. The maximum atomic E-state index is 14.2. The number of hydrogen-bond donors (Lipinski definition) is 3. The molecule has 1 aliphatic carbocycles. The summed E-state index contributed by atoms with van der Waals surface area (Å²) in [4.78, 5) is 69.3. The number of benzene rings is 1. The Kier molecular flexibility index (Phi) is 9.48. The number of alkyl carbamates (subject to hydrolysis) is 1. The van der Waals surface area contributed by atoms with Crippen molar-refractivity contribution in [1.82, 2.24) is 20.4 Å². The van der Waals surface area contributed by atoms with Gasteiger partial charge in [-0.2, -0.15) is 0 Å². The number of aliphatic carboxylic acids is 1. The standard InChI is InChI=1S/C33H42N4O9/c38-28-27-16-25(46-32(43)36-18-21-8-6-7-9-22(21)19-36)20-37(27)29(39)26(34-31(42)45-24-12-14-44-15-13-24)11-5-3-1-2-4-10-23-17-33(23,35-28)30(40)41/h4,6-10,23-27H,1-3,5,11-20H2,(H,34,42)(H,35,38)(H,40,41)/b10-4-/t23-,25-,26+,27+,33-/m1/s1. The lowest BCUT2D eigenvalue weighted by Gasteiger charge is -2.30. The lowest BCUT2D eigenvalue weighted by Crippen LogP contribution is -2.56. The van der Waals surface area contributed by atoms with Crippen LogP contribution >= 0.6 is 0 Å². The number of carboxylic acid groups (broad SMARTS) is 1. The van der Waals surface area contributed by atoms with E-state index in [4.69, 9.17) is 14.2 Å². The van der Waals surface area contributed by atoms with Gasteiger partial charge in [0.1, 0.15) is 29.8 Å². The SMILES string of the molecule is O=C(N[C@H]1CCCCC/C=C\[C@@H]2C[C@@]2(C(=O)O)NC(=O)[C@@H]2C[C@@H](OC(=O)N3Cc4ccccc4C3)CN2C1=O)OC1CCOCC1. The highest BCUT2D eigenvalue weighted by Gasteiger charge is 2.61. The normalized spacial score (nSPS) is 30.9. The van der Waals surface area contributed by atoms with E-state index in [0.717, 1.165) is 30.4 Å². The minimum absolute atomic E-state index is 0.000449. The van der Waals surface area contributed by atoms with E-state index in [9.17, 15) is 29.1 Å². The fourth-order valence-electron chi connectivity index (χ4n) is 6.95. The van der Waals surface area contributed by atoms with E-state index in [0.29, 0.717) is 52.0 Å². The molecule has 0 spiro atoms. The van der Waals surface area contributed by atoms with Gasteiger partial charge >= 0.3 is 18.2 Å². The molecule has 2 saturated heterocycles. The highest BCUT2D eigenvalue weighted by molar-refractivity contribution is 5.96. The zero-order valence-electron chi connectivity index (χ0n) is 25.9. The summed E-state index contributed by atoms with van der Waals surface area (Å²) in [7, 11) is 0. The third kappa shape index (κ3) is 6.98. The Morgan fingerprint density at radius 3 is 2.43 bits per heavy atom. The van der Waals surface area contributed by atoms with Crippen LogP contribution in [0.5, 0.6) is 0 Å². The first kappa shape index (κ1) is 31.8. The molecule has 13 nitrogen and oxygen atoms in total. The Bertz CT molecular complexity index is 1350. The Morgan fingerprint density at radius 2 is 1.72 bits per heavy atom. The average molecular weight is 639 g/mol. The molecule has 1 aromatic carbocycles. The minimum atomic E-state index is -1.45. The van der Waals surface area contributed by atoms with Crippen LogP contribution in [0, 0.1) is 5.92 Å². The number of carbonyl (C=O) groups excluding carboxylic acids is 4. The molecule has 0 unspecified atom stereocenters. The molecule has 4 amide bonds. The lowest BCUT2D eigenvalue weighted by atomic mass is 10.0. The first-order chi connectivity index (χ1) is 22.2. The van der Waals surface area contributed by atoms with Gasteiger partial charge in [0.2, 0.25) is 11.8 Å². The molecule has 3 fully saturated rings. The van der Waals surface area contributed by atoms with Crippen molar-refractivity contribution in [2.75, 3.05) is 19.8 Å². The van der Waals surface area contributed by atoms with Crippen molar-refractivity contribution in [1.29, 1.82) is 0 Å². The van der Waals surface area contributed by atoms with E-state index in [1.165, 1.54) is 4.90 Å². The highest BCUT2D eigenvalue weighted by atomic mass is 16.6. The van der Waals surface area contributed by atoms with Gasteiger partial charge in [0.05, 0.1) is 19.8 Å². The first-order valence-corrected chi connectivity index (χ1v) is 16.3. The molecule has 248 valence electrons. The summed E-state index contributed by atoms with van der Waals surface area (Å²) in [6.45, 7) is 1.69. The molecule has 5 atom stereocenters. The monoisotopic (exact) mass is 638 g/mol. The van der Waals surface area contributed by atoms with Crippen molar-refractivity contribution in [2.45, 2.75) is 101 Å². The van der Waals surface area contributed by atoms with Crippen molar-refractivity contribution in [3.8, 4) is 0 Å². The number of carboxylic acids is 1. The third-order valence-corrected chi connectivity index (χ3v) is 9.72. The molecule has 46 heavy (non-hydrogen) atoms. The molecular formula is C33H42N4O9. The van der Waals surface area contributed by atoms with Crippen LogP contribution < -0.4 is 10.6 Å². The quantitative estimate of drug-likeness (QED) is 0.421. The molecule has 1 saturated carbocycles. The fourth-order valence-corrected chi connectivity index (χ4v) is 6.95. The predicted molar refractivity (Wildman–Crippen MR) is 162 cm³/mol. The zero-order chi connectivity index (χ0) is 32.3. The molecule has 0 radical (unpaired) electrons. The van der Waals surface area contributed by atoms with Gasteiger partial charge < -0.3 is 34.9 Å². The van der Waals surface area contributed by atoms with Crippen LogP contribution in [0.25, 0.3) is 0 Å². The molecule has 6 rings (SSSR count). The second-order valence-electron chi connectivity index (χ2n) is 12.9. The van der Waals surface area contributed by atoms with Gasteiger partial charge in [-0.05, 0) is 36.8 Å². The number of nitrogens with one attached hydrogen (secondary N) is 2. The molecule has 0 aromatic heterocycles. The maximum absolute atomic E-state index is 14.2. The van der Waals surface area contributed by atoms with Gasteiger partial charge in [-0.25, -0.2) is 14.4 Å². The summed E-state index contributed by atoms with van der Waals surface area (Å²) in [6.07, 6.45) is 6.11. The number of carbonyl (C=O) groups is 5. The first-order valence-electron chi connectivity index (χ1n) is 16.3.